The predicted octanol–water partition coefficient (Wildman–Crippen LogP) is 4.22. The van der Waals surface area contributed by atoms with Gasteiger partial charge in [-0.1, -0.05) is 49.4 Å². The van der Waals surface area contributed by atoms with Crippen molar-refractivity contribution in [1.82, 2.24) is 9.80 Å². The van der Waals surface area contributed by atoms with E-state index < -0.39 is 0 Å². The van der Waals surface area contributed by atoms with Crippen LogP contribution in [0, 0.1) is 0 Å². The van der Waals surface area contributed by atoms with Gasteiger partial charge in [-0.25, -0.2) is 0 Å². The zero-order valence-electron chi connectivity index (χ0n) is 16.7. The highest BCUT2D eigenvalue weighted by molar-refractivity contribution is 6.20. The van der Waals surface area contributed by atoms with Gasteiger partial charge in [0.15, 0.2) is 0 Å². The number of carbonyl (C=O) groups is 1. The maximum Gasteiger partial charge on any atom is 0.248 e. The Bertz CT molecular complexity index is 765. The lowest BCUT2D eigenvalue weighted by Gasteiger charge is -2.37. The number of likely N-dealkylation sites (N-methyl/N-ethyl adjacent to an activating group) is 1. The van der Waals surface area contributed by atoms with Crippen molar-refractivity contribution in [2.45, 2.75) is 37.2 Å². The van der Waals surface area contributed by atoms with Gasteiger partial charge < -0.3 is 5.73 Å². The first-order chi connectivity index (χ1) is 13.5. The summed E-state index contributed by atoms with van der Waals surface area (Å²) in [5.41, 5.74) is 8.46. The quantitative estimate of drug-likeness (QED) is 0.676. The number of alkyl halides is 1. The second-order valence-corrected chi connectivity index (χ2v) is 8.27. The van der Waals surface area contributed by atoms with Gasteiger partial charge in [0.25, 0.3) is 0 Å². The van der Waals surface area contributed by atoms with E-state index in [0.717, 1.165) is 32.5 Å². The fourth-order valence-corrected chi connectivity index (χ4v) is 4.48. The summed E-state index contributed by atoms with van der Waals surface area (Å²) >= 11 is 6.35. The number of nitrogens with zero attached hydrogens (tertiary/aromatic N) is 2. The molecule has 28 heavy (non-hydrogen) atoms. The molecule has 0 aliphatic carbocycles. The molecule has 2 aromatic carbocycles. The maximum absolute atomic E-state index is 11.4. The molecular weight excluding hydrogens is 370 g/mol. The highest BCUT2D eigenvalue weighted by Crippen LogP contribution is 2.33. The number of nitrogens with two attached hydrogens (primary N) is 1. The lowest BCUT2D eigenvalue weighted by molar-refractivity contribution is 0.1000. The molecule has 1 heterocycles. The molecule has 0 aromatic heterocycles. The minimum absolute atomic E-state index is 0.251. The smallest absolute Gasteiger partial charge is 0.248 e. The third-order valence-electron chi connectivity index (χ3n) is 5.78. The molecule has 1 saturated heterocycles. The number of likely N-dealkylation sites (tertiary alicyclic amines) is 1. The summed E-state index contributed by atoms with van der Waals surface area (Å²) in [6, 6.07) is 18.9. The van der Waals surface area contributed by atoms with E-state index in [1.165, 1.54) is 11.1 Å². The molecule has 1 amide bonds. The Labute approximate surface area is 173 Å². The van der Waals surface area contributed by atoms with Crippen molar-refractivity contribution in [1.29, 1.82) is 0 Å². The van der Waals surface area contributed by atoms with Crippen molar-refractivity contribution in [3.8, 4) is 0 Å². The maximum atomic E-state index is 11.4. The molecule has 0 radical (unpaired) electrons. The second-order valence-electron chi connectivity index (χ2n) is 7.65. The van der Waals surface area contributed by atoms with Crippen molar-refractivity contribution in [3.63, 3.8) is 0 Å². The largest absolute Gasteiger partial charge is 0.366 e. The number of primary amides is 1. The molecule has 3 unspecified atom stereocenters. The predicted molar refractivity (Wildman–Crippen MR) is 116 cm³/mol. The Morgan fingerprint density at radius 3 is 2.32 bits per heavy atom. The summed E-state index contributed by atoms with van der Waals surface area (Å²) in [4.78, 5) is 16.3. The molecule has 1 aliphatic rings. The van der Waals surface area contributed by atoms with Gasteiger partial charge in [-0.2, -0.15) is 0 Å². The first-order valence-corrected chi connectivity index (χ1v) is 10.5. The number of rotatable bonds is 8. The van der Waals surface area contributed by atoms with Gasteiger partial charge in [-0.15, -0.1) is 11.6 Å². The Balaban J connectivity index is 1.85. The molecule has 1 fully saturated rings. The fourth-order valence-electron chi connectivity index (χ4n) is 4.19. The average Bonchev–Trinajstić information content (AvgIpc) is 3.12. The van der Waals surface area contributed by atoms with Crippen LogP contribution in [0.25, 0.3) is 0 Å². The first-order valence-electron chi connectivity index (χ1n) is 10.0. The van der Waals surface area contributed by atoms with Gasteiger partial charge in [0, 0.05) is 36.1 Å². The van der Waals surface area contributed by atoms with Gasteiger partial charge in [-0.3, -0.25) is 14.6 Å². The van der Waals surface area contributed by atoms with Crippen LogP contribution in [0.2, 0.25) is 0 Å². The van der Waals surface area contributed by atoms with E-state index in [1.54, 1.807) is 0 Å². The molecular formula is C23H30ClN3O. The summed E-state index contributed by atoms with van der Waals surface area (Å²) < 4.78 is 0. The Kier molecular flexibility index (Phi) is 7.11. The molecule has 1 aliphatic heterocycles. The summed E-state index contributed by atoms with van der Waals surface area (Å²) in [6.45, 7) is 5.16. The lowest BCUT2D eigenvalue weighted by atomic mass is 9.97. The van der Waals surface area contributed by atoms with E-state index in [1.807, 2.05) is 24.3 Å². The monoisotopic (exact) mass is 399 g/mol. The summed E-state index contributed by atoms with van der Waals surface area (Å²) in [5, 5.41) is 0.255. The van der Waals surface area contributed by atoms with Crippen LogP contribution in [-0.4, -0.2) is 47.8 Å². The van der Waals surface area contributed by atoms with Crippen LogP contribution in [0.4, 0.5) is 0 Å². The van der Waals surface area contributed by atoms with E-state index in [-0.39, 0.29) is 23.4 Å². The van der Waals surface area contributed by atoms with Gasteiger partial charge in [0.2, 0.25) is 5.91 Å². The van der Waals surface area contributed by atoms with Crippen LogP contribution >= 0.6 is 11.6 Å². The Hall–Kier alpha value is -1.88. The summed E-state index contributed by atoms with van der Waals surface area (Å²) in [7, 11) is 2.20. The Morgan fingerprint density at radius 1 is 1.14 bits per heavy atom. The number of amides is 1. The van der Waals surface area contributed by atoms with Gasteiger partial charge in [0.05, 0.1) is 0 Å². The molecule has 0 saturated carbocycles. The first kappa shape index (κ1) is 20.8. The minimum Gasteiger partial charge on any atom is -0.366 e. The van der Waals surface area contributed by atoms with E-state index in [2.05, 4.69) is 54.1 Å². The number of halogens is 1. The SMILES string of the molecule is CCC(c1ccc(C(N)=O)cc1)N(C)C(CN1CCC(Cl)C1)c1ccccc1. The van der Waals surface area contributed by atoms with Gasteiger partial charge in [-0.05, 0) is 49.7 Å². The fraction of sp³-hybridized carbons (Fsp3) is 0.435. The standard InChI is InChI=1S/C23H30ClN3O/c1-3-21(18-9-11-19(12-10-18)23(25)28)26(2)22(17-7-5-4-6-8-17)16-27-14-13-20(24)15-27/h4-12,20-22H,3,13-16H2,1-2H3,(H2,25,28). The van der Waals surface area contributed by atoms with Crippen LogP contribution < -0.4 is 5.73 Å². The van der Waals surface area contributed by atoms with Crippen LogP contribution in [0.15, 0.2) is 54.6 Å². The van der Waals surface area contributed by atoms with E-state index in [0.29, 0.717) is 5.56 Å². The van der Waals surface area contributed by atoms with Crippen LogP contribution in [0.1, 0.15) is 53.3 Å². The normalized spacial score (nSPS) is 19.6. The highest BCUT2D eigenvalue weighted by atomic mass is 35.5. The van der Waals surface area contributed by atoms with Crippen molar-refractivity contribution in [2.75, 3.05) is 26.7 Å². The second kappa shape index (κ2) is 9.55. The average molecular weight is 400 g/mol. The molecule has 0 spiro atoms. The molecule has 3 atom stereocenters. The third kappa shape index (κ3) is 4.93. The molecule has 2 aromatic rings. The molecule has 150 valence electrons. The number of hydrogen-bond donors (Lipinski definition) is 1. The van der Waals surface area contributed by atoms with Crippen LogP contribution in [-0.2, 0) is 0 Å². The third-order valence-corrected chi connectivity index (χ3v) is 6.14. The molecule has 3 rings (SSSR count). The van der Waals surface area contributed by atoms with Crippen LogP contribution in [0.5, 0.6) is 0 Å². The molecule has 0 bridgehead atoms. The lowest BCUT2D eigenvalue weighted by Crippen LogP contribution is -2.37. The summed E-state index contributed by atoms with van der Waals surface area (Å²) in [6.07, 6.45) is 2.03. The zero-order valence-corrected chi connectivity index (χ0v) is 17.5. The van der Waals surface area contributed by atoms with Crippen LogP contribution in [0.3, 0.4) is 0 Å². The molecule has 2 N–H and O–H groups in total. The number of hydrogen-bond acceptors (Lipinski definition) is 3. The number of benzene rings is 2. The molecule has 4 nitrogen and oxygen atoms in total. The zero-order chi connectivity index (χ0) is 20.1. The van der Waals surface area contributed by atoms with Crippen molar-refractivity contribution in [3.05, 3.63) is 71.3 Å². The van der Waals surface area contributed by atoms with Crippen molar-refractivity contribution < 1.29 is 4.79 Å². The van der Waals surface area contributed by atoms with Gasteiger partial charge in [0.1, 0.15) is 0 Å². The minimum atomic E-state index is -0.389. The topological polar surface area (TPSA) is 49.6 Å². The van der Waals surface area contributed by atoms with E-state index in [4.69, 9.17) is 17.3 Å². The van der Waals surface area contributed by atoms with Crippen molar-refractivity contribution >= 4 is 17.5 Å². The van der Waals surface area contributed by atoms with E-state index >= 15 is 0 Å². The Morgan fingerprint density at radius 2 is 1.79 bits per heavy atom. The number of carbonyl (C=O) groups excluding carboxylic acids is 1. The van der Waals surface area contributed by atoms with Gasteiger partial charge >= 0.3 is 0 Å². The highest BCUT2D eigenvalue weighted by Gasteiger charge is 2.29. The van der Waals surface area contributed by atoms with E-state index in [9.17, 15) is 4.79 Å². The van der Waals surface area contributed by atoms with Crippen molar-refractivity contribution in [2.24, 2.45) is 5.73 Å². The summed E-state index contributed by atoms with van der Waals surface area (Å²) in [5.74, 6) is -0.389. The molecule has 5 heteroatoms.